The molecule has 0 radical (unpaired) electrons. The van der Waals surface area contributed by atoms with Crippen LogP contribution in [0, 0.1) is 5.92 Å². The Bertz CT molecular complexity index is 388. The van der Waals surface area contributed by atoms with Crippen molar-refractivity contribution in [3.05, 3.63) is 0 Å². The lowest BCUT2D eigenvalue weighted by molar-refractivity contribution is -0.0320. The normalized spacial score (nSPS) is 21.9. The monoisotopic (exact) mass is 482 g/mol. The van der Waals surface area contributed by atoms with E-state index in [9.17, 15) is 0 Å². The summed E-state index contributed by atoms with van der Waals surface area (Å²) >= 11 is 0. The van der Waals surface area contributed by atoms with Crippen molar-refractivity contribution in [3.63, 3.8) is 0 Å². The van der Waals surface area contributed by atoms with E-state index in [4.69, 9.17) is 9.47 Å². The van der Waals surface area contributed by atoms with Gasteiger partial charge in [0.15, 0.2) is 5.96 Å². The van der Waals surface area contributed by atoms with Crippen molar-refractivity contribution in [2.45, 2.75) is 45.6 Å². The van der Waals surface area contributed by atoms with E-state index in [2.05, 4.69) is 34.0 Å². The second-order valence-corrected chi connectivity index (χ2v) is 7.10. The number of hydrogen-bond acceptors (Lipinski definition) is 4. The molecule has 0 aromatic rings. The minimum absolute atomic E-state index is 0. The van der Waals surface area contributed by atoms with Gasteiger partial charge in [-0.2, -0.15) is 0 Å². The van der Waals surface area contributed by atoms with E-state index in [0.717, 1.165) is 83.7 Å². The highest BCUT2D eigenvalue weighted by molar-refractivity contribution is 14.0. The summed E-state index contributed by atoms with van der Waals surface area (Å²) in [6, 6.07) is 0. The second-order valence-electron chi connectivity index (χ2n) is 7.10. The van der Waals surface area contributed by atoms with E-state index in [-0.39, 0.29) is 24.0 Å². The van der Waals surface area contributed by atoms with Gasteiger partial charge in [-0.25, -0.2) is 0 Å². The Hall–Kier alpha value is -0.120. The number of nitrogens with one attached hydrogen (secondary N) is 1. The Morgan fingerprint density at radius 1 is 1.23 bits per heavy atom. The molecular weight excluding hydrogens is 443 g/mol. The molecule has 0 saturated carbocycles. The average Bonchev–Trinajstić information content (AvgIpc) is 3.12. The molecule has 6 nitrogen and oxygen atoms in total. The maximum Gasteiger partial charge on any atom is 0.193 e. The van der Waals surface area contributed by atoms with Gasteiger partial charge in [-0.3, -0.25) is 4.99 Å². The average molecular weight is 482 g/mol. The number of halogens is 1. The first kappa shape index (κ1) is 23.9. The molecule has 2 rings (SSSR count). The highest BCUT2D eigenvalue weighted by atomic mass is 127. The molecule has 2 aliphatic heterocycles. The molecule has 1 unspecified atom stereocenters. The van der Waals surface area contributed by atoms with Crippen molar-refractivity contribution in [1.82, 2.24) is 15.1 Å². The van der Waals surface area contributed by atoms with E-state index >= 15 is 0 Å². The first-order valence-electron chi connectivity index (χ1n) is 10.1. The molecule has 154 valence electrons. The zero-order chi connectivity index (χ0) is 17.9. The van der Waals surface area contributed by atoms with Gasteiger partial charge in [0.25, 0.3) is 0 Å². The lowest BCUT2D eigenvalue weighted by Crippen LogP contribution is -2.41. The van der Waals surface area contributed by atoms with Crippen LogP contribution in [0.5, 0.6) is 0 Å². The van der Waals surface area contributed by atoms with Gasteiger partial charge in [0.1, 0.15) is 0 Å². The van der Waals surface area contributed by atoms with Crippen LogP contribution in [0.3, 0.4) is 0 Å². The molecule has 7 heteroatoms. The first-order chi connectivity index (χ1) is 12.3. The van der Waals surface area contributed by atoms with Crippen molar-refractivity contribution in [2.24, 2.45) is 10.9 Å². The van der Waals surface area contributed by atoms with Gasteiger partial charge < -0.3 is 24.6 Å². The van der Waals surface area contributed by atoms with Crippen LogP contribution in [0.1, 0.15) is 39.5 Å². The summed E-state index contributed by atoms with van der Waals surface area (Å²) < 4.78 is 11.3. The Labute approximate surface area is 177 Å². The number of aliphatic imine (C=N–C) groups is 1. The smallest absolute Gasteiger partial charge is 0.193 e. The maximum absolute atomic E-state index is 5.93. The van der Waals surface area contributed by atoms with Crippen LogP contribution in [0.15, 0.2) is 4.99 Å². The van der Waals surface area contributed by atoms with Crippen molar-refractivity contribution in [2.75, 3.05) is 66.1 Å². The Morgan fingerprint density at radius 2 is 1.96 bits per heavy atom. The van der Waals surface area contributed by atoms with Crippen LogP contribution in [0.4, 0.5) is 0 Å². The molecule has 0 amide bonds. The third kappa shape index (κ3) is 8.27. The maximum atomic E-state index is 5.93. The van der Waals surface area contributed by atoms with Crippen LogP contribution in [0.2, 0.25) is 0 Å². The van der Waals surface area contributed by atoms with Crippen LogP contribution in [0.25, 0.3) is 0 Å². The standard InChI is InChI=1S/C19H38N4O2.HI/c1-4-22(5-2)15-17-7-11-23(16-17)19(20-3)21-10-6-12-25-18-8-13-24-14-9-18;/h17-18H,4-16H2,1-3H3,(H,20,21);1H. The zero-order valence-electron chi connectivity index (χ0n) is 16.9. The summed E-state index contributed by atoms with van der Waals surface area (Å²) in [5.74, 6) is 1.81. The fourth-order valence-corrected chi connectivity index (χ4v) is 3.72. The third-order valence-electron chi connectivity index (χ3n) is 5.33. The third-order valence-corrected chi connectivity index (χ3v) is 5.33. The fraction of sp³-hybridized carbons (Fsp3) is 0.947. The summed E-state index contributed by atoms with van der Waals surface area (Å²) in [6.45, 7) is 13.7. The molecule has 2 aliphatic rings. The SMILES string of the molecule is CCN(CC)CC1CCN(C(=NC)NCCCOC2CCOCC2)C1.I. The summed E-state index contributed by atoms with van der Waals surface area (Å²) in [4.78, 5) is 9.41. The topological polar surface area (TPSA) is 49.3 Å². The molecule has 2 fully saturated rings. The van der Waals surface area contributed by atoms with Gasteiger partial charge in [0, 0.05) is 53.0 Å². The lowest BCUT2D eigenvalue weighted by Gasteiger charge is -2.25. The zero-order valence-corrected chi connectivity index (χ0v) is 19.2. The molecule has 2 saturated heterocycles. The van der Waals surface area contributed by atoms with Crippen molar-refractivity contribution < 1.29 is 9.47 Å². The van der Waals surface area contributed by atoms with E-state index < -0.39 is 0 Å². The number of nitrogens with zero attached hydrogens (tertiary/aromatic N) is 3. The first-order valence-corrected chi connectivity index (χ1v) is 10.1. The highest BCUT2D eigenvalue weighted by Crippen LogP contribution is 2.17. The van der Waals surface area contributed by atoms with Crippen LogP contribution < -0.4 is 5.32 Å². The summed E-state index contributed by atoms with van der Waals surface area (Å²) in [5, 5.41) is 3.51. The van der Waals surface area contributed by atoms with Gasteiger partial charge >= 0.3 is 0 Å². The second kappa shape index (κ2) is 14.0. The number of ether oxygens (including phenoxy) is 2. The van der Waals surface area contributed by atoms with Crippen molar-refractivity contribution in [3.8, 4) is 0 Å². The van der Waals surface area contributed by atoms with E-state index in [1.165, 1.54) is 13.0 Å². The minimum atomic E-state index is 0. The van der Waals surface area contributed by atoms with E-state index in [0.29, 0.717) is 6.10 Å². The Balaban J connectivity index is 0.00000338. The Kier molecular flexibility index (Phi) is 12.8. The molecule has 1 atom stereocenters. The van der Waals surface area contributed by atoms with Crippen molar-refractivity contribution >= 4 is 29.9 Å². The molecule has 0 aromatic heterocycles. The predicted octanol–water partition coefficient (Wildman–Crippen LogP) is 2.43. The number of guanidine groups is 1. The van der Waals surface area contributed by atoms with Gasteiger partial charge in [-0.1, -0.05) is 13.8 Å². The summed E-state index contributed by atoms with van der Waals surface area (Å²) in [6.07, 6.45) is 4.76. The molecule has 0 spiro atoms. The number of likely N-dealkylation sites (tertiary alicyclic amines) is 1. The lowest BCUT2D eigenvalue weighted by atomic mass is 10.1. The molecule has 0 aromatic carbocycles. The van der Waals surface area contributed by atoms with Gasteiger partial charge in [0.05, 0.1) is 6.10 Å². The highest BCUT2D eigenvalue weighted by Gasteiger charge is 2.25. The Morgan fingerprint density at radius 3 is 2.62 bits per heavy atom. The summed E-state index contributed by atoms with van der Waals surface area (Å²) in [5.41, 5.74) is 0. The molecule has 0 aliphatic carbocycles. The van der Waals surface area contributed by atoms with E-state index in [1.807, 2.05) is 7.05 Å². The van der Waals surface area contributed by atoms with Crippen LogP contribution in [-0.4, -0.2) is 88.0 Å². The molecule has 0 bridgehead atoms. The minimum Gasteiger partial charge on any atom is -0.381 e. The summed E-state index contributed by atoms with van der Waals surface area (Å²) in [7, 11) is 1.89. The predicted molar refractivity (Wildman–Crippen MR) is 119 cm³/mol. The van der Waals surface area contributed by atoms with Crippen LogP contribution in [-0.2, 0) is 9.47 Å². The van der Waals surface area contributed by atoms with E-state index in [1.54, 1.807) is 0 Å². The molecule has 2 heterocycles. The number of rotatable bonds is 9. The fourth-order valence-electron chi connectivity index (χ4n) is 3.72. The van der Waals surface area contributed by atoms with Crippen molar-refractivity contribution in [1.29, 1.82) is 0 Å². The van der Waals surface area contributed by atoms with Gasteiger partial charge in [-0.15, -0.1) is 24.0 Å². The largest absolute Gasteiger partial charge is 0.381 e. The van der Waals surface area contributed by atoms with Gasteiger partial charge in [-0.05, 0) is 44.7 Å². The molecular formula is C19H39IN4O2. The quantitative estimate of drug-likeness (QED) is 0.237. The van der Waals surface area contributed by atoms with Gasteiger partial charge in [0.2, 0.25) is 0 Å². The molecule has 26 heavy (non-hydrogen) atoms. The van der Waals surface area contributed by atoms with Crippen LogP contribution >= 0.6 is 24.0 Å². The number of hydrogen-bond donors (Lipinski definition) is 1. The molecule has 1 N–H and O–H groups in total.